The zero-order valence-corrected chi connectivity index (χ0v) is 20.6. The average Bonchev–Trinajstić information content (AvgIpc) is 2.92. The monoisotopic (exact) mass is 536 g/mol. The van der Waals surface area contributed by atoms with Gasteiger partial charge in [-0.25, -0.2) is 4.98 Å². The van der Waals surface area contributed by atoms with Crippen LogP contribution in [-0.2, 0) is 11.9 Å². The lowest BCUT2D eigenvalue weighted by Crippen LogP contribution is -2.14. The summed E-state index contributed by atoms with van der Waals surface area (Å²) in [5, 5.41) is 12.4. The Labute approximate surface area is 219 Å². The minimum absolute atomic E-state index is 0.108. The smallest absolute Gasteiger partial charge is 0.416 e. The number of carbonyl (C=O) groups excluding carboxylic acids is 1. The number of amides is 1. The van der Waals surface area contributed by atoms with Gasteiger partial charge in [0.2, 0.25) is 0 Å². The number of rotatable bonds is 7. The number of halogens is 3. The number of nitrogens with one attached hydrogen (secondary N) is 2. The van der Waals surface area contributed by atoms with E-state index >= 15 is 0 Å². The van der Waals surface area contributed by atoms with Gasteiger partial charge in [0.25, 0.3) is 11.5 Å². The Balaban J connectivity index is 1.46. The average molecular weight is 537 g/mol. The van der Waals surface area contributed by atoms with Gasteiger partial charge in [0.05, 0.1) is 18.4 Å². The molecule has 0 fully saturated rings. The van der Waals surface area contributed by atoms with Gasteiger partial charge in [-0.15, -0.1) is 0 Å². The third-order valence-corrected chi connectivity index (χ3v) is 6.34. The van der Waals surface area contributed by atoms with E-state index in [1.807, 2.05) is 6.07 Å². The van der Waals surface area contributed by atoms with Gasteiger partial charge in [-0.2, -0.15) is 18.4 Å². The molecule has 7 nitrogen and oxygen atoms in total. The number of thioether (sulfide) groups is 1. The van der Waals surface area contributed by atoms with Gasteiger partial charge in [-0.3, -0.25) is 9.59 Å². The molecule has 0 radical (unpaired) electrons. The zero-order valence-electron chi connectivity index (χ0n) is 19.8. The Bertz CT molecular complexity index is 1580. The molecule has 1 heterocycles. The molecular formula is C27H19F3N4O3S. The highest BCUT2D eigenvalue weighted by Gasteiger charge is 2.30. The highest BCUT2D eigenvalue weighted by molar-refractivity contribution is 7.98. The van der Waals surface area contributed by atoms with Crippen molar-refractivity contribution in [3.05, 3.63) is 105 Å². The van der Waals surface area contributed by atoms with Crippen molar-refractivity contribution in [1.82, 2.24) is 9.97 Å². The number of nitriles is 1. The van der Waals surface area contributed by atoms with Crippen LogP contribution in [-0.4, -0.2) is 23.0 Å². The van der Waals surface area contributed by atoms with E-state index in [1.54, 1.807) is 48.5 Å². The molecule has 1 amide bonds. The first-order valence-corrected chi connectivity index (χ1v) is 12.1. The minimum Gasteiger partial charge on any atom is -0.497 e. The molecule has 0 aliphatic rings. The summed E-state index contributed by atoms with van der Waals surface area (Å²) in [6.45, 7) is 0. The molecule has 0 unspecified atom stereocenters. The summed E-state index contributed by atoms with van der Waals surface area (Å²) >= 11 is 1.24. The number of nitrogens with zero attached hydrogens (tertiary/aromatic N) is 2. The molecular weight excluding hydrogens is 517 g/mol. The van der Waals surface area contributed by atoms with Crippen LogP contribution in [0.4, 0.5) is 18.9 Å². The van der Waals surface area contributed by atoms with Crippen LogP contribution in [0.25, 0.3) is 11.3 Å². The summed E-state index contributed by atoms with van der Waals surface area (Å²) in [4.78, 5) is 32.0. The first-order valence-electron chi connectivity index (χ1n) is 11.1. The minimum atomic E-state index is -4.54. The lowest BCUT2D eigenvalue weighted by atomic mass is 10.1. The van der Waals surface area contributed by atoms with Crippen LogP contribution in [0.3, 0.4) is 0 Å². The summed E-state index contributed by atoms with van der Waals surface area (Å²) in [6, 6.07) is 19.7. The van der Waals surface area contributed by atoms with Crippen LogP contribution in [0.1, 0.15) is 27.0 Å². The van der Waals surface area contributed by atoms with Crippen LogP contribution in [0.2, 0.25) is 0 Å². The summed E-state index contributed by atoms with van der Waals surface area (Å²) in [7, 11) is 1.51. The maximum atomic E-state index is 12.9. The first-order chi connectivity index (χ1) is 18.2. The molecule has 4 rings (SSSR count). The molecule has 0 bridgehead atoms. The van der Waals surface area contributed by atoms with E-state index < -0.39 is 23.2 Å². The number of aromatic amines is 1. The highest BCUT2D eigenvalue weighted by atomic mass is 32.2. The number of methoxy groups -OCH3 is 1. The molecule has 0 saturated heterocycles. The fraction of sp³-hybridized carbons (Fsp3) is 0.111. The predicted octanol–water partition coefficient (Wildman–Crippen LogP) is 5.88. The topological polar surface area (TPSA) is 108 Å². The van der Waals surface area contributed by atoms with Crippen LogP contribution < -0.4 is 15.6 Å². The first kappa shape index (κ1) is 26.5. The van der Waals surface area contributed by atoms with E-state index in [9.17, 15) is 28.0 Å². The van der Waals surface area contributed by atoms with Gasteiger partial charge in [0.15, 0.2) is 5.16 Å². The Morgan fingerprint density at radius 2 is 1.84 bits per heavy atom. The second-order valence-electron chi connectivity index (χ2n) is 7.96. The molecule has 0 atom stereocenters. The van der Waals surface area contributed by atoms with Crippen LogP contribution in [0.5, 0.6) is 5.75 Å². The number of hydrogen-bond donors (Lipinski definition) is 2. The number of hydrogen-bond acceptors (Lipinski definition) is 6. The number of benzene rings is 3. The summed E-state index contributed by atoms with van der Waals surface area (Å²) in [5.41, 5.74) is 0.371. The normalized spacial score (nSPS) is 11.0. The Kier molecular flexibility index (Phi) is 7.83. The molecule has 38 heavy (non-hydrogen) atoms. The molecule has 0 aliphatic carbocycles. The number of carbonyl (C=O) groups is 1. The van der Waals surface area contributed by atoms with Crippen LogP contribution in [0.15, 0.2) is 82.7 Å². The number of H-pyrrole nitrogens is 1. The van der Waals surface area contributed by atoms with Gasteiger partial charge < -0.3 is 15.0 Å². The van der Waals surface area contributed by atoms with Gasteiger partial charge in [-0.05, 0) is 48.0 Å². The van der Waals surface area contributed by atoms with Gasteiger partial charge in [-0.1, -0.05) is 42.1 Å². The van der Waals surface area contributed by atoms with Crippen LogP contribution in [0, 0.1) is 11.3 Å². The third kappa shape index (κ3) is 6.22. The standard InChI is InChI=1S/C27H19F3N4O3S/c1-37-21-7-3-4-17(13-21)23-22(14-31)25(36)34-26(33-23)38-15-16-8-10-20(11-9-16)32-24(35)18-5-2-6-19(12-18)27(28,29)30/h2-13H,15H2,1H3,(H,32,35)(H,33,34,36). The molecule has 1 aromatic heterocycles. The van der Waals surface area contributed by atoms with Gasteiger partial charge in [0, 0.05) is 22.6 Å². The maximum absolute atomic E-state index is 12.9. The molecule has 4 aromatic rings. The SMILES string of the molecule is COc1cccc(-c2nc(SCc3ccc(NC(=O)c4cccc(C(F)(F)F)c4)cc3)[nH]c(=O)c2C#N)c1. The summed E-state index contributed by atoms with van der Waals surface area (Å²) in [6.07, 6.45) is -4.54. The Morgan fingerprint density at radius 1 is 1.11 bits per heavy atom. The lowest BCUT2D eigenvalue weighted by Gasteiger charge is -2.10. The van der Waals surface area contributed by atoms with E-state index in [0.717, 1.165) is 17.7 Å². The largest absolute Gasteiger partial charge is 0.497 e. The molecule has 0 spiro atoms. The van der Waals surface area contributed by atoms with E-state index in [1.165, 1.54) is 31.0 Å². The van der Waals surface area contributed by atoms with Crippen molar-refractivity contribution in [2.24, 2.45) is 0 Å². The summed E-state index contributed by atoms with van der Waals surface area (Å²) in [5.74, 6) is 0.305. The highest BCUT2D eigenvalue weighted by Crippen LogP contribution is 2.30. The molecule has 2 N–H and O–H groups in total. The predicted molar refractivity (Wildman–Crippen MR) is 137 cm³/mol. The second-order valence-corrected chi connectivity index (χ2v) is 8.92. The summed E-state index contributed by atoms with van der Waals surface area (Å²) < 4.78 is 44.0. The van der Waals surface area contributed by atoms with Crippen molar-refractivity contribution in [3.63, 3.8) is 0 Å². The van der Waals surface area contributed by atoms with Crippen molar-refractivity contribution in [2.45, 2.75) is 17.1 Å². The van der Waals surface area contributed by atoms with Crippen molar-refractivity contribution >= 4 is 23.4 Å². The Morgan fingerprint density at radius 3 is 2.53 bits per heavy atom. The van der Waals surface area contributed by atoms with Crippen molar-refractivity contribution in [2.75, 3.05) is 12.4 Å². The zero-order chi connectivity index (χ0) is 27.3. The fourth-order valence-corrected chi connectivity index (χ4v) is 4.30. The third-order valence-electron chi connectivity index (χ3n) is 5.39. The number of aromatic nitrogens is 2. The van der Waals surface area contributed by atoms with E-state index in [2.05, 4.69) is 15.3 Å². The van der Waals surface area contributed by atoms with Crippen LogP contribution >= 0.6 is 11.8 Å². The number of alkyl halides is 3. The van der Waals surface area contributed by atoms with Crippen molar-refractivity contribution in [1.29, 1.82) is 5.26 Å². The molecule has 3 aromatic carbocycles. The van der Waals surface area contributed by atoms with Gasteiger partial charge >= 0.3 is 6.18 Å². The lowest BCUT2D eigenvalue weighted by molar-refractivity contribution is -0.137. The quantitative estimate of drug-likeness (QED) is 0.226. The molecule has 192 valence electrons. The fourth-order valence-electron chi connectivity index (χ4n) is 3.48. The number of anilines is 1. The van der Waals surface area contributed by atoms with E-state index in [-0.39, 0.29) is 16.8 Å². The molecule has 0 saturated carbocycles. The number of ether oxygens (including phenoxy) is 1. The second kappa shape index (κ2) is 11.2. The maximum Gasteiger partial charge on any atom is 0.416 e. The van der Waals surface area contributed by atoms with Gasteiger partial charge in [0.1, 0.15) is 17.4 Å². The van der Waals surface area contributed by atoms with Crippen molar-refractivity contribution < 1.29 is 22.7 Å². The molecule has 11 heteroatoms. The Hall–Kier alpha value is -4.56. The van der Waals surface area contributed by atoms with E-state index in [4.69, 9.17) is 4.74 Å². The van der Waals surface area contributed by atoms with E-state index in [0.29, 0.717) is 27.9 Å². The van der Waals surface area contributed by atoms with Crippen molar-refractivity contribution in [3.8, 4) is 23.1 Å². The molecule has 0 aliphatic heterocycles.